The number of ether oxygens (including phenoxy) is 1. The van der Waals surface area contributed by atoms with Gasteiger partial charge in [-0.1, -0.05) is 17.8 Å². The van der Waals surface area contributed by atoms with Crippen molar-refractivity contribution < 1.29 is 17.9 Å². The van der Waals surface area contributed by atoms with E-state index >= 15 is 0 Å². The van der Waals surface area contributed by atoms with Gasteiger partial charge in [0.15, 0.2) is 15.2 Å². The molecule has 33 heavy (non-hydrogen) atoms. The topological polar surface area (TPSA) is 77.6 Å². The number of benzene rings is 1. The molecule has 0 amide bonds. The van der Waals surface area contributed by atoms with E-state index in [1.54, 1.807) is 5.01 Å². The van der Waals surface area contributed by atoms with Gasteiger partial charge in [-0.3, -0.25) is 5.01 Å². The molecular weight excluding hydrogens is 473 g/mol. The van der Waals surface area contributed by atoms with Gasteiger partial charge in [0.25, 0.3) is 0 Å². The molecule has 2 bridgehead atoms. The summed E-state index contributed by atoms with van der Waals surface area (Å²) in [6.07, 6.45) is -1.83. The zero-order chi connectivity index (χ0) is 23.2. The molecule has 12 heteroatoms. The summed E-state index contributed by atoms with van der Waals surface area (Å²) in [5.74, 6) is 1.12. The second-order valence-electron chi connectivity index (χ2n) is 8.02. The molecule has 3 aliphatic heterocycles. The van der Waals surface area contributed by atoms with E-state index < -0.39 is 11.7 Å². The Hall–Kier alpha value is -2.49. The van der Waals surface area contributed by atoms with Crippen molar-refractivity contribution in [2.75, 3.05) is 30.0 Å². The second-order valence-corrected chi connectivity index (χ2v) is 10.2. The van der Waals surface area contributed by atoms with E-state index in [0.717, 1.165) is 49.6 Å². The van der Waals surface area contributed by atoms with E-state index in [9.17, 15) is 18.4 Å². The van der Waals surface area contributed by atoms with Gasteiger partial charge in [-0.05, 0) is 42.3 Å². The predicted molar refractivity (Wildman–Crippen MR) is 121 cm³/mol. The first kappa shape index (κ1) is 22.3. The smallest absolute Gasteiger partial charge is 0.371 e. The molecule has 2 atom stereocenters. The number of nitrogens with zero attached hydrogens (tertiary/aromatic N) is 6. The van der Waals surface area contributed by atoms with Gasteiger partial charge in [0.1, 0.15) is 0 Å². The molecule has 1 aromatic carbocycles. The summed E-state index contributed by atoms with van der Waals surface area (Å²) < 4.78 is 45.3. The molecule has 3 aliphatic rings. The molecule has 2 unspecified atom stereocenters. The van der Waals surface area contributed by atoms with Crippen molar-refractivity contribution in [2.45, 2.75) is 42.0 Å². The fourth-order valence-corrected chi connectivity index (χ4v) is 6.15. The molecule has 2 saturated heterocycles. The molecule has 172 valence electrons. The molecule has 0 spiro atoms. The molecule has 1 aromatic heterocycles. The summed E-state index contributed by atoms with van der Waals surface area (Å²) in [6.45, 7) is 1.61. The number of hydrogen-bond donors (Lipinski definition) is 0. The normalized spacial score (nSPS) is 22.1. The van der Waals surface area contributed by atoms with Crippen molar-refractivity contribution in [3.8, 4) is 6.07 Å². The standard InChI is InChI=1S/C21H19F3N6OS2/c1-29-17-7-18(30-9-15-4-5-16(10-30)31-15)26-27-19(17)33-20(28-29)32-11-12-2-3-14(21(22,23)24)6-13(12)8-25/h2-3,6-7,15-16H,4-5,9-11H2,1H3. The highest BCUT2D eigenvalue weighted by molar-refractivity contribution is 8.38. The summed E-state index contributed by atoms with van der Waals surface area (Å²) in [7, 11) is 1.83. The Morgan fingerprint density at radius 1 is 1.21 bits per heavy atom. The maximum absolute atomic E-state index is 12.9. The first-order valence-electron chi connectivity index (χ1n) is 10.3. The molecule has 2 fully saturated rings. The summed E-state index contributed by atoms with van der Waals surface area (Å²) in [5, 5.41) is 25.1. The van der Waals surface area contributed by atoms with Crippen molar-refractivity contribution >= 4 is 39.4 Å². The van der Waals surface area contributed by atoms with Gasteiger partial charge in [0, 0.05) is 32.0 Å². The third kappa shape index (κ3) is 4.62. The van der Waals surface area contributed by atoms with Gasteiger partial charge in [0.2, 0.25) is 0 Å². The Labute approximate surface area is 197 Å². The fraction of sp³-hybridized carbons (Fsp3) is 0.429. The SMILES string of the molecule is CN1N=C(SCc2ccc(C(F)(F)F)cc2C#N)Sc2nnc(N3CC4CCC(C3)O4)cc21. The Kier molecular flexibility index (Phi) is 5.88. The molecule has 0 saturated carbocycles. The van der Waals surface area contributed by atoms with Crippen LogP contribution in [0.5, 0.6) is 0 Å². The van der Waals surface area contributed by atoms with Crippen LogP contribution in [-0.2, 0) is 16.7 Å². The van der Waals surface area contributed by atoms with Crippen LogP contribution in [-0.4, -0.2) is 46.9 Å². The van der Waals surface area contributed by atoms with Gasteiger partial charge < -0.3 is 9.64 Å². The van der Waals surface area contributed by atoms with Gasteiger partial charge in [-0.25, -0.2) is 0 Å². The maximum Gasteiger partial charge on any atom is 0.416 e. The van der Waals surface area contributed by atoms with E-state index in [1.165, 1.54) is 29.6 Å². The van der Waals surface area contributed by atoms with E-state index in [-0.39, 0.29) is 17.8 Å². The van der Waals surface area contributed by atoms with Crippen molar-refractivity contribution in [1.29, 1.82) is 5.26 Å². The molecule has 4 heterocycles. The second kappa shape index (κ2) is 8.70. The molecule has 2 aromatic rings. The highest BCUT2D eigenvalue weighted by Crippen LogP contribution is 2.40. The Morgan fingerprint density at radius 2 is 1.97 bits per heavy atom. The fourth-order valence-electron chi connectivity index (χ4n) is 4.08. The van der Waals surface area contributed by atoms with Crippen LogP contribution in [0.15, 0.2) is 34.4 Å². The lowest BCUT2D eigenvalue weighted by Gasteiger charge is -2.33. The highest BCUT2D eigenvalue weighted by atomic mass is 32.2. The van der Waals surface area contributed by atoms with Crippen LogP contribution in [0.1, 0.15) is 29.5 Å². The number of hydrogen-bond acceptors (Lipinski definition) is 9. The number of anilines is 2. The third-order valence-electron chi connectivity index (χ3n) is 5.77. The van der Waals surface area contributed by atoms with E-state index in [0.29, 0.717) is 20.7 Å². The van der Waals surface area contributed by atoms with Crippen LogP contribution in [0.3, 0.4) is 0 Å². The lowest BCUT2D eigenvalue weighted by atomic mass is 10.1. The van der Waals surface area contributed by atoms with E-state index in [2.05, 4.69) is 20.2 Å². The van der Waals surface area contributed by atoms with Crippen molar-refractivity contribution in [3.63, 3.8) is 0 Å². The highest BCUT2D eigenvalue weighted by Gasteiger charge is 2.35. The first-order chi connectivity index (χ1) is 15.8. The number of thioether (sulfide) groups is 2. The molecule has 5 rings (SSSR count). The van der Waals surface area contributed by atoms with Crippen LogP contribution in [0, 0.1) is 11.3 Å². The maximum atomic E-state index is 12.9. The van der Waals surface area contributed by atoms with Crippen molar-refractivity contribution in [1.82, 2.24) is 10.2 Å². The number of morpholine rings is 1. The van der Waals surface area contributed by atoms with Gasteiger partial charge in [-0.15, -0.1) is 10.2 Å². The summed E-state index contributed by atoms with van der Waals surface area (Å²) in [5.41, 5.74) is 0.553. The number of nitriles is 1. The zero-order valence-electron chi connectivity index (χ0n) is 17.5. The van der Waals surface area contributed by atoms with Crippen molar-refractivity contribution in [3.05, 3.63) is 41.0 Å². The molecule has 7 nitrogen and oxygen atoms in total. The minimum Gasteiger partial charge on any atom is -0.371 e. The van der Waals surface area contributed by atoms with Gasteiger partial charge >= 0.3 is 6.18 Å². The van der Waals surface area contributed by atoms with E-state index in [4.69, 9.17) is 4.74 Å². The Bertz CT molecular complexity index is 1140. The monoisotopic (exact) mass is 492 g/mol. The minimum atomic E-state index is -4.48. The zero-order valence-corrected chi connectivity index (χ0v) is 19.2. The van der Waals surface area contributed by atoms with Crippen LogP contribution in [0.25, 0.3) is 0 Å². The van der Waals surface area contributed by atoms with Crippen LogP contribution in [0.4, 0.5) is 24.7 Å². The molecular formula is C21H19F3N6OS2. The summed E-state index contributed by atoms with van der Waals surface area (Å²) in [6, 6.07) is 7.08. The van der Waals surface area contributed by atoms with Gasteiger partial charge in [-0.2, -0.15) is 23.5 Å². The first-order valence-corrected chi connectivity index (χ1v) is 12.1. The number of fused-ring (bicyclic) bond motifs is 3. The van der Waals surface area contributed by atoms with Crippen LogP contribution < -0.4 is 9.91 Å². The van der Waals surface area contributed by atoms with E-state index in [1.807, 2.05) is 19.2 Å². The minimum absolute atomic E-state index is 0.0106. The Balaban J connectivity index is 1.28. The predicted octanol–water partition coefficient (Wildman–Crippen LogP) is 4.48. The summed E-state index contributed by atoms with van der Waals surface area (Å²) >= 11 is 2.71. The lowest BCUT2D eigenvalue weighted by molar-refractivity contribution is -0.137. The largest absolute Gasteiger partial charge is 0.416 e. The third-order valence-corrected chi connectivity index (χ3v) is 7.90. The number of aromatic nitrogens is 2. The van der Waals surface area contributed by atoms with Crippen LogP contribution >= 0.6 is 23.5 Å². The molecule has 0 aliphatic carbocycles. The van der Waals surface area contributed by atoms with Gasteiger partial charge in [0.05, 0.1) is 35.1 Å². The van der Waals surface area contributed by atoms with Crippen LogP contribution in [0.2, 0.25) is 0 Å². The number of alkyl halides is 3. The molecule has 0 N–H and O–H groups in total. The average Bonchev–Trinajstić information content (AvgIpc) is 3.14. The molecule has 0 radical (unpaired) electrons. The van der Waals surface area contributed by atoms with Crippen molar-refractivity contribution in [2.24, 2.45) is 5.10 Å². The number of hydrazone groups is 1. The number of halogens is 3. The number of rotatable bonds is 3. The average molecular weight is 493 g/mol. The Morgan fingerprint density at radius 3 is 2.67 bits per heavy atom. The quantitative estimate of drug-likeness (QED) is 0.621. The summed E-state index contributed by atoms with van der Waals surface area (Å²) in [4.78, 5) is 2.21. The lowest BCUT2D eigenvalue weighted by Crippen LogP contribution is -2.43.